The third-order valence-corrected chi connectivity index (χ3v) is 6.27. The average molecular weight is 385 g/mol. The molecule has 1 amide bonds. The van der Waals surface area contributed by atoms with E-state index in [9.17, 15) is 4.79 Å². The Morgan fingerprint density at radius 1 is 1.29 bits per heavy atom. The summed E-state index contributed by atoms with van der Waals surface area (Å²) in [5.74, 6) is 1.01. The largest absolute Gasteiger partial charge is 0.348 e. The van der Waals surface area contributed by atoms with Gasteiger partial charge in [-0.3, -0.25) is 14.4 Å². The highest BCUT2D eigenvalue weighted by atomic mass is 16.2. The third kappa shape index (κ3) is 3.60. The molecule has 28 heavy (non-hydrogen) atoms. The summed E-state index contributed by atoms with van der Waals surface area (Å²) < 4.78 is 1.88. The average Bonchev–Trinajstić information content (AvgIpc) is 3.18. The van der Waals surface area contributed by atoms with Crippen LogP contribution in [0.25, 0.3) is 0 Å². The number of carbonyl (C=O) groups is 1. The lowest BCUT2D eigenvalue weighted by atomic mass is 9.94. The van der Waals surface area contributed by atoms with Gasteiger partial charge in [0.05, 0.1) is 17.7 Å². The van der Waals surface area contributed by atoms with Crippen molar-refractivity contribution in [2.75, 3.05) is 19.6 Å². The van der Waals surface area contributed by atoms with Gasteiger partial charge in [-0.2, -0.15) is 5.10 Å². The summed E-state index contributed by atoms with van der Waals surface area (Å²) >= 11 is 0. The van der Waals surface area contributed by atoms with Crippen molar-refractivity contribution in [1.29, 1.82) is 0 Å². The maximum atomic E-state index is 13.5. The van der Waals surface area contributed by atoms with Crippen LogP contribution in [-0.4, -0.2) is 61.1 Å². The van der Waals surface area contributed by atoms with Crippen LogP contribution in [-0.2, 0) is 13.1 Å². The van der Waals surface area contributed by atoms with Crippen LogP contribution < -0.4 is 0 Å². The second-order valence-electron chi connectivity index (χ2n) is 8.65. The SMILES string of the molecule is CCn1nc(C(C)C)cc1C(=O)N1C[C@@H]2CC[C@H]1CN(Cc1nc[nH]c1C)C2. The van der Waals surface area contributed by atoms with Crippen LogP contribution in [0.15, 0.2) is 12.4 Å². The summed E-state index contributed by atoms with van der Waals surface area (Å²) in [6.45, 7) is 12.8. The maximum Gasteiger partial charge on any atom is 0.272 e. The van der Waals surface area contributed by atoms with Crippen molar-refractivity contribution < 1.29 is 4.79 Å². The Labute approximate surface area is 167 Å². The molecule has 152 valence electrons. The van der Waals surface area contributed by atoms with E-state index in [1.807, 2.05) is 10.7 Å². The number of aromatic nitrogens is 4. The molecule has 0 radical (unpaired) electrons. The molecular formula is C21H32N6O. The van der Waals surface area contributed by atoms with Crippen LogP contribution in [0, 0.1) is 12.8 Å². The lowest BCUT2D eigenvalue weighted by molar-refractivity contribution is 0.0572. The Kier molecular flexibility index (Phi) is 5.27. The molecule has 0 aliphatic carbocycles. The van der Waals surface area contributed by atoms with Crippen molar-refractivity contribution in [3.63, 3.8) is 0 Å². The van der Waals surface area contributed by atoms with Gasteiger partial charge in [-0.25, -0.2) is 4.98 Å². The number of aryl methyl sites for hydroxylation is 2. The van der Waals surface area contributed by atoms with E-state index in [1.54, 1.807) is 6.33 Å². The quantitative estimate of drug-likeness (QED) is 0.861. The summed E-state index contributed by atoms with van der Waals surface area (Å²) in [4.78, 5) is 25.7. The zero-order valence-electron chi connectivity index (χ0n) is 17.5. The smallest absolute Gasteiger partial charge is 0.272 e. The second-order valence-corrected chi connectivity index (χ2v) is 8.65. The number of H-pyrrole nitrogens is 1. The first-order valence-electron chi connectivity index (χ1n) is 10.6. The van der Waals surface area contributed by atoms with E-state index in [0.29, 0.717) is 11.8 Å². The van der Waals surface area contributed by atoms with Gasteiger partial charge in [0.15, 0.2) is 0 Å². The molecule has 3 saturated heterocycles. The highest BCUT2D eigenvalue weighted by molar-refractivity contribution is 5.93. The minimum absolute atomic E-state index is 0.147. The van der Waals surface area contributed by atoms with Crippen molar-refractivity contribution in [3.05, 3.63) is 35.2 Å². The lowest BCUT2D eigenvalue weighted by Crippen LogP contribution is -2.47. The summed E-state index contributed by atoms with van der Waals surface area (Å²) in [5, 5.41) is 4.65. The summed E-state index contributed by atoms with van der Waals surface area (Å²) in [7, 11) is 0. The van der Waals surface area contributed by atoms with Gasteiger partial charge in [0.1, 0.15) is 5.69 Å². The first kappa shape index (κ1) is 19.2. The number of piperidine rings is 1. The van der Waals surface area contributed by atoms with E-state index in [0.717, 1.165) is 61.9 Å². The predicted molar refractivity (Wildman–Crippen MR) is 108 cm³/mol. The summed E-state index contributed by atoms with van der Waals surface area (Å²) in [5.41, 5.74) is 4.00. The van der Waals surface area contributed by atoms with Gasteiger partial charge in [-0.15, -0.1) is 0 Å². The molecule has 5 heterocycles. The summed E-state index contributed by atoms with van der Waals surface area (Å²) in [6, 6.07) is 2.27. The van der Waals surface area contributed by atoms with E-state index < -0.39 is 0 Å². The normalized spacial score (nSPS) is 22.8. The molecule has 3 fully saturated rings. The van der Waals surface area contributed by atoms with Crippen LogP contribution in [0.1, 0.15) is 67.1 Å². The molecular weight excluding hydrogens is 352 g/mol. The maximum absolute atomic E-state index is 13.5. The van der Waals surface area contributed by atoms with Gasteiger partial charge in [-0.1, -0.05) is 13.8 Å². The van der Waals surface area contributed by atoms with Gasteiger partial charge in [0, 0.05) is 44.5 Å². The summed E-state index contributed by atoms with van der Waals surface area (Å²) in [6.07, 6.45) is 4.06. The second kappa shape index (κ2) is 7.70. The van der Waals surface area contributed by atoms with Crippen LogP contribution in [0.4, 0.5) is 0 Å². The fourth-order valence-corrected chi connectivity index (χ4v) is 4.59. The van der Waals surface area contributed by atoms with E-state index in [1.165, 1.54) is 6.42 Å². The first-order valence-corrected chi connectivity index (χ1v) is 10.6. The van der Waals surface area contributed by atoms with E-state index >= 15 is 0 Å². The number of imidazole rings is 1. The van der Waals surface area contributed by atoms with E-state index in [4.69, 9.17) is 0 Å². The first-order chi connectivity index (χ1) is 13.5. The fraction of sp³-hybridized carbons (Fsp3) is 0.667. The Balaban J connectivity index is 1.53. The van der Waals surface area contributed by atoms with Crippen molar-refractivity contribution in [1.82, 2.24) is 29.5 Å². The van der Waals surface area contributed by atoms with Crippen LogP contribution >= 0.6 is 0 Å². The molecule has 3 aliphatic heterocycles. The number of fused-ring (bicyclic) bond motifs is 4. The number of hydrogen-bond donors (Lipinski definition) is 1. The Morgan fingerprint density at radius 2 is 2.11 bits per heavy atom. The van der Waals surface area contributed by atoms with Gasteiger partial charge < -0.3 is 9.88 Å². The molecule has 1 N–H and O–H groups in total. The Hall–Kier alpha value is -2.15. The van der Waals surface area contributed by atoms with Crippen molar-refractivity contribution in [2.45, 2.75) is 65.6 Å². The number of carbonyl (C=O) groups excluding carboxylic acids is 1. The fourth-order valence-electron chi connectivity index (χ4n) is 4.59. The van der Waals surface area contributed by atoms with Crippen molar-refractivity contribution in [3.8, 4) is 0 Å². The molecule has 5 rings (SSSR count). The number of rotatable bonds is 5. The molecule has 2 atom stereocenters. The standard InChI is InChI=1S/C21H32N6O/c1-5-27-20(8-18(24-27)14(2)3)21(28)26-10-16-6-7-17(26)11-25(9-16)12-19-15(4)22-13-23-19/h8,13-14,16-17H,5-7,9-12H2,1-4H3,(H,22,23)/t16-,17+/m1/s1. The van der Waals surface area contributed by atoms with Crippen LogP contribution in [0.5, 0.6) is 0 Å². The molecule has 0 saturated carbocycles. The van der Waals surface area contributed by atoms with Gasteiger partial charge in [0.2, 0.25) is 0 Å². The number of amides is 1. The molecule has 0 aromatic carbocycles. The molecule has 7 heteroatoms. The number of nitrogens with zero attached hydrogens (tertiary/aromatic N) is 5. The van der Waals surface area contributed by atoms with Gasteiger partial charge >= 0.3 is 0 Å². The van der Waals surface area contributed by atoms with Crippen LogP contribution in [0.3, 0.4) is 0 Å². The molecule has 2 aromatic heterocycles. The highest BCUT2D eigenvalue weighted by Gasteiger charge is 2.38. The minimum atomic E-state index is 0.147. The predicted octanol–water partition coefficient (Wildman–Crippen LogP) is 2.79. The minimum Gasteiger partial charge on any atom is -0.348 e. The highest BCUT2D eigenvalue weighted by Crippen LogP contribution is 2.30. The van der Waals surface area contributed by atoms with Crippen molar-refractivity contribution >= 4 is 5.91 Å². The number of aromatic amines is 1. The van der Waals surface area contributed by atoms with Gasteiger partial charge in [-0.05, 0) is 44.6 Å². The molecule has 3 aliphatic rings. The van der Waals surface area contributed by atoms with Gasteiger partial charge in [0.25, 0.3) is 5.91 Å². The molecule has 0 spiro atoms. The topological polar surface area (TPSA) is 70.1 Å². The van der Waals surface area contributed by atoms with E-state index in [-0.39, 0.29) is 11.9 Å². The molecule has 2 aromatic rings. The van der Waals surface area contributed by atoms with Crippen LogP contribution in [0.2, 0.25) is 0 Å². The zero-order chi connectivity index (χ0) is 19.8. The molecule has 2 bridgehead atoms. The monoisotopic (exact) mass is 384 g/mol. The Bertz CT molecular complexity index is 838. The lowest BCUT2D eigenvalue weighted by Gasteiger charge is -2.36. The number of hydrogen-bond acceptors (Lipinski definition) is 4. The van der Waals surface area contributed by atoms with Crippen molar-refractivity contribution in [2.24, 2.45) is 5.92 Å². The molecule has 0 unspecified atom stereocenters. The Morgan fingerprint density at radius 3 is 2.79 bits per heavy atom. The number of nitrogens with one attached hydrogen (secondary N) is 1. The zero-order valence-corrected chi connectivity index (χ0v) is 17.5. The molecule has 7 nitrogen and oxygen atoms in total. The third-order valence-electron chi connectivity index (χ3n) is 6.27. The van der Waals surface area contributed by atoms with E-state index in [2.05, 4.69) is 52.6 Å².